The second-order valence-corrected chi connectivity index (χ2v) is 7.04. The van der Waals surface area contributed by atoms with Gasteiger partial charge in [0.05, 0.1) is 5.69 Å². The third kappa shape index (κ3) is 5.01. The number of aliphatic imine (C=N–C) groups is 1. The van der Waals surface area contributed by atoms with Crippen molar-refractivity contribution in [2.45, 2.75) is 13.5 Å². The first-order valence-corrected chi connectivity index (χ1v) is 9.12. The molecule has 0 amide bonds. The number of ether oxygens (including phenoxy) is 1. The zero-order valence-electron chi connectivity index (χ0n) is 14.0. The summed E-state index contributed by atoms with van der Waals surface area (Å²) in [6.07, 6.45) is 1.78. The molecule has 0 unspecified atom stereocenters. The van der Waals surface area contributed by atoms with Crippen molar-refractivity contribution in [1.82, 2.24) is 0 Å². The standard InChI is InChI=1S/C21H16Cl3NO/c1-14-5-8-18(11-20(14)23)25-12-15-3-2-4-19(9-15)26-13-16-6-7-17(22)10-21(16)24/h2-12H,13H2,1H3. The van der Waals surface area contributed by atoms with Gasteiger partial charge in [0.15, 0.2) is 0 Å². The van der Waals surface area contributed by atoms with Crippen LogP contribution in [0, 0.1) is 6.92 Å². The Bertz CT molecular complexity index is 954. The van der Waals surface area contributed by atoms with Gasteiger partial charge in [0.25, 0.3) is 0 Å². The molecule has 2 nitrogen and oxygen atoms in total. The molecule has 0 aliphatic carbocycles. The Kier molecular flexibility index (Phi) is 6.20. The Morgan fingerprint density at radius 1 is 0.923 bits per heavy atom. The third-order valence-electron chi connectivity index (χ3n) is 3.79. The summed E-state index contributed by atoms with van der Waals surface area (Å²) < 4.78 is 5.83. The van der Waals surface area contributed by atoms with Crippen LogP contribution in [0.25, 0.3) is 0 Å². The van der Waals surface area contributed by atoms with Crippen LogP contribution in [0.15, 0.2) is 65.7 Å². The molecule has 0 saturated carbocycles. The lowest BCUT2D eigenvalue weighted by Crippen LogP contribution is -1.96. The van der Waals surface area contributed by atoms with Crippen molar-refractivity contribution < 1.29 is 4.74 Å². The Labute approximate surface area is 168 Å². The van der Waals surface area contributed by atoms with Crippen LogP contribution in [0.1, 0.15) is 16.7 Å². The molecule has 0 saturated heterocycles. The van der Waals surface area contributed by atoms with Gasteiger partial charge in [-0.15, -0.1) is 0 Å². The zero-order chi connectivity index (χ0) is 18.5. The Morgan fingerprint density at radius 2 is 1.77 bits per heavy atom. The third-order valence-corrected chi connectivity index (χ3v) is 4.78. The maximum absolute atomic E-state index is 6.17. The number of rotatable bonds is 5. The maximum atomic E-state index is 6.17. The van der Waals surface area contributed by atoms with E-state index in [4.69, 9.17) is 39.5 Å². The van der Waals surface area contributed by atoms with Gasteiger partial charge in [-0.3, -0.25) is 4.99 Å². The molecular formula is C21H16Cl3NO. The van der Waals surface area contributed by atoms with Gasteiger partial charge in [0, 0.05) is 26.8 Å². The summed E-state index contributed by atoms with van der Waals surface area (Å²) in [6, 6.07) is 18.8. The van der Waals surface area contributed by atoms with Gasteiger partial charge in [0.1, 0.15) is 12.4 Å². The van der Waals surface area contributed by atoms with Gasteiger partial charge < -0.3 is 4.74 Å². The van der Waals surface area contributed by atoms with Crippen molar-refractivity contribution in [3.63, 3.8) is 0 Å². The van der Waals surface area contributed by atoms with E-state index in [0.717, 1.165) is 28.1 Å². The Hall–Kier alpha value is -2.00. The molecule has 3 aromatic carbocycles. The van der Waals surface area contributed by atoms with Crippen molar-refractivity contribution in [2.24, 2.45) is 4.99 Å². The van der Waals surface area contributed by atoms with E-state index in [2.05, 4.69) is 4.99 Å². The van der Waals surface area contributed by atoms with E-state index in [1.807, 2.05) is 55.5 Å². The summed E-state index contributed by atoms with van der Waals surface area (Å²) in [5.74, 6) is 0.738. The minimum absolute atomic E-state index is 0.365. The molecule has 0 atom stereocenters. The molecule has 0 radical (unpaired) electrons. The largest absolute Gasteiger partial charge is 0.489 e. The predicted octanol–water partition coefficient (Wildman–Crippen LogP) is 7.28. The second-order valence-electron chi connectivity index (χ2n) is 5.79. The van der Waals surface area contributed by atoms with Crippen LogP contribution < -0.4 is 4.74 Å². The Balaban J connectivity index is 1.69. The number of benzene rings is 3. The molecule has 132 valence electrons. The zero-order valence-corrected chi connectivity index (χ0v) is 16.3. The monoisotopic (exact) mass is 403 g/mol. The van der Waals surface area contributed by atoms with E-state index in [0.29, 0.717) is 21.7 Å². The van der Waals surface area contributed by atoms with Crippen LogP contribution in [0.5, 0.6) is 5.75 Å². The SMILES string of the molecule is Cc1ccc(N=Cc2cccc(OCc3ccc(Cl)cc3Cl)c2)cc1Cl. The minimum atomic E-state index is 0.365. The molecule has 0 aliphatic rings. The first kappa shape index (κ1) is 18.8. The highest BCUT2D eigenvalue weighted by atomic mass is 35.5. The molecular weight excluding hydrogens is 389 g/mol. The van der Waals surface area contributed by atoms with Crippen LogP contribution >= 0.6 is 34.8 Å². The fourth-order valence-corrected chi connectivity index (χ4v) is 2.93. The molecule has 3 rings (SSSR count). The van der Waals surface area contributed by atoms with E-state index < -0.39 is 0 Å². The highest BCUT2D eigenvalue weighted by Gasteiger charge is 2.03. The van der Waals surface area contributed by atoms with Gasteiger partial charge in [-0.25, -0.2) is 0 Å². The van der Waals surface area contributed by atoms with E-state index in [9.17, 15) is 0 Å². The van der Waals surface area contributed by atoms with Crippen molar-refractivity contribution in [3.8, 4) is 5.75 Å². The molecule has 0 aliphatic heterocycles. The molecule has 26 heavy (non-hydrogen) atoms. The molecule has 0 N–H and O–H groups in total. The number of halogens is 3. The van der Waals surface area contributed by atoms with Crippen LogP contribution in [-0.4, -0.2) is 6.21 Å². The maximum Gasteiger partial charge on any atom is 0.120 e. The van der Waals surface area contributed by atoms with E-state index in [-0.39, 0.29) is 0 Å². The average Bonchev–Trinajstić information content (AvgIpc) is 2.62. The summed E-state index contributed by atoms with van der Waals surface area (Å²) in [5, 5.41) is 1.90. The van der Waals surface area contributed by atoms with Crippen LogP contribution in [0.4, 0.5) is 5.69 Å². The summed E-state index contributed by atoms with van der Waals surface area (Å²) in [7, 11) is 0. The minimum Gasteiger partial charge on any atom is -0.489 e. The summed E-state index contributed by atoms with van der Waals surface area (Å²) in [5.41, 5.74) is 3.65. The molecule has 0 heterocycles. The van der Waals surface area contributed by atoms with Gasteiger partial charge in [0.2, 0.25) is 0 Å². The van der Waals surface area contributed by atoms with Gasteiger partial charge in [-0.05, 0) is 54.4 Å². The fourth-order valence-electron chi connectivity index (χ4n) is 2.30. The van der Waals surface area contributed by atoms with Crippen molar-refractivity contribution >= 4 is 46.7 Å². The molecule has 5 heteroatoms. The van der Waals surface area contributed by atoms with Gasteiger partial charge in [-0.2, -0.15) is 0 Å². The van der Waals surface area contributed by atoms with Crippen LogP contribution in [0.2, 0.25) is 15.1 Å². The smallest absolute Gasteiger partial charge is 0.120 e. The highest BCUT2D eigenvalue weighted by Crippen LogP contribution is 2.24. The number of aryl methyl sites for hydroxylation is 1. The fraction of sp³-hybridized carbons (Fsp3) is 0.0952. The lowest BCUT2D eigenvalue weighted by molar-refractivity contribution is 0.306. The highest BCUT2D eigenvalue weighted by molar-refractivity contribution is 6.35. The first-order chi connectivity index (χ1) is 12.5. The normalized spacial score (nSPS) is 11.1. The lowest BCUT2D eigenvalue weighted by Gasteiger charge is -2.08. The van der Waals surface area contributed by atoms with Crippen molar-refractivity contribution in [3.05, 3.63) is 92.4 Å². The lowest BCUT2D eigenvalue weighted by atomic mass is 10.2. The molecule has 0 spiro atoms. The van der Waals surface area contributed by atoms with E-state index >= 15 is 0 Å². The van der Waals surface area contributed by atoms with Gasteiger partial charge >= 0.3 is 0 Å². The number of hydrogen-bond acceptors (Lipinski definition) is 2. The average molecular weight is 405 g/mol. The van der Waals surface area contributed by atoms with E-state index in [1.165, 1.54) is 0 Å². The molecule has 0 aromatic heterocycles. The summed E-state index contributed by atoms with van der Waals surface area (Å²) in [6.45, 7) is 2.33. The van der Waals surface area contributed by atoms with Crippen molar-refractivity contribution in [1.29, 1.82) is 0 Å². The quantitative estimate of drug-likeness (QED) is 0.409. The van der Waals surface area contributed by atoms with Crippen LogP contribution in [-0.2, 0) is 6.61 Å². The predicted molar refractivity (Wildman–Crippen MR) is 111 cm³/mol. The molecule has 0 bridgehead atoms. The summed E-state index contributed by atoms with van der Waals surface area (Å²) in [4.78, 5) is 4.46. The number of hydrogen-bond donors (Lipinski definition) is 0. The van der Waals surface area contributed by atoms with Gasteiger partial charge in [-0.1, -0.05) is 59.1 Å². The summed E-state index contributed by atoms with van der Waals surface area (Å²) >= 11 is 18.2. The topological polar surface area (TPSA) is 21.6 Å². The van der Waals surface area contributed by atoms with Crippen LogP contribution in [0.3, 0.4) is 0 Å². The first-order valence-electron chi connectivity index (χ1n) is 7.98. The number of nitrogens with zero attached hydrogens (tertiary/aromatic N) is 1. The van der Waals surface area contributed by atoms with E-state index in [1.54, 1.807) is 18.3 Å². The molecule has 0 fully saturated rings. The second kappa shape index (κ2) is 8.59. The van der Waals surface area contributed by atoms with Crippen molar-refractivity contribution in [2.75, 3.05) is 0 Å². The molecule has 3 aromatic rings. The Morgan fingerprint density at radius 3 is 2.54 bits per heavy atom.